The molecule has 26 heavy (non-hydrogen) atoms. The first-order valence-electron chi connectivity index (χ1n) is 8.10. The van der Waals surface area contributed by atoms with Crippen molar-refractivity contribution in [2.75, 3.05) is 0 Å². The van der Waals surface area contributed by atoms with E-state index < -0.39 is 10.0 Å². The van der Waals surface area contributed by atoms with Gasteiger partial charge in [0.15, 0.2) is 5.76 Å². The van der Waals surface area contributed by atoms with Gasteiger partial charge in [0.1, 0.15) is 5.69 Å². The number of aromatic nitrogens is 1. The maximum atomic E-state index is 12.7. The zero-order chi connectivity index (χ0) is 18.0. The third-order valence-corrected chi connectivity index (χ3v) is 5.53. The summed E-state index contributed by atoms with van der Waals surface area (Å²) in [6.07, 6.45) is 3.21. The van der Waals surface area contributed by atoms with Gasteiger partial charge in [-0.3, -0.25) is 4.98 Å². The highest BCUT2D eigenvalue weighted by Gasteiger charge is 2.16. The topological polar surface area (TPSA) is 72.2 Å². The van der Waals surface area contributed by atoms with Crippen LogP contribution in [-0.2, 0) is 16.6 Å². The molecule has 2 aromatic carbocycles. The Hall–Kier alpha value is -2.96. The molecule has 0 aliphatic carbocycles. The maximum Gasteiger partial charge on any atom is 0.240 e. The SMILES string of the molecule is O=S(=O)(NCc1cccnc1-c1ccco1)c1ccc2ccccc2c1. The van der Waals surface area contributed by atoms with E-state index in [-0.39, 0.29) is 11.4 Å². The summed E-state index contributed by atoms with van der Waals surface area (Å²) < 4.78 is 33.4. The second-order valence-electron chi connectivity index (χ2n) is 5.82. The van der Waals surface area contributed by atoms with E-state index in [4.69, 9.17) is 4.42 Å². The first-order chi connectivity index (χ1) is 12.6. The molecule has 1 N–H and O–H groups in total. The molecule has 2 aromatic heterocycles. The number of nitrogens with zero attached hydrogens (tertiary/aromatic N) is 1. The zero-order valence-corrected chi connectivity index (χ0v) is 14.6. The molecule has 0 unspecified atom stereocenters. The summed E-state index contributed by atoms with van der Waals surface area (Å²) in [5.41, 5.74) is 1.37. The van der Waals surface area contributed by atoms with Crippen LogP contribution in [0.1, 0.15) is 5.56 Å². The largest absolute Gasteiger partial charge is 0.463 e. The minimum Gasteiger partial charge on any atom is -0.463 e. The van der Waals surface area contributed by atoms with E-state index >= 15 is 0 Å². The van der Waals surface area contributed by atoms with Crippen molar-refractivity contribution in [3.63, 3.8) is 0 Å². The van der Waals surface area contributed by atoms with Gasteiger partial charge in [-0.1, -0.05) is 36.4 Å². The molecule has 0 atom stereocenters. The summed E-state index contributed by atoms with van der Waals surface area (Å²) in [6, 6.07) is 19.9. The molecule has 0 amide bonds. The third kappa shape index (κ3) is 3.24. The smallest absolute Gasteiger partial charge is 0.240 e. The second kappa shape index (κ2) is 6.74. The molecule has 0 spiro atoms. The molecule has 130 valence electrons. The number of hydrogen-bond donors (Lipinski definition) is 1. The molecule has 6 heteroatoms. The first-order valence-corrected chi connectivity index (χ1v) is 9.58. The van der Waals surface area contributed by atoms with Crippen LogP contribution in [0.3, 0.4) is 0 Å². The predicted octanol–water partition coefficient (Wildman–Crippen LogP) is 3.97. The van der Waals surface area contributed by atoms with Crippen LogP contribution in [0.25, 0.3) is 22.2 Å². The van der Waals surface area contributed by atoms with E-state index in [1.165, 1.54) is 0 Å². The van der Waals surface area contributed by atoms with E-state index in [0.29, 0.717) is 11.5 Å². The van der Waals surface area contributed by atoms with E-state index in [1.54, 1.807) is 42.8 Å². The van der Waals surface area contributed by atoms with E-state index in [2.05, 4.69) is 9.71 Å². The standard InChI is InChI=1S/C20H16N2O3S/c23-26(24,18-10-9-15-5-1-2-6-16(15)13-18)22-14-17-7-3-11-21-20(17)19-8-4-12-25-19/h1-13,22H,14H2. The van der Waals surface area contributed by atoms with Crippen LogP contribution in [0.4, 0.5) is 0 Å². The summed E-state index contributed by atoms with van der Waals surface area (Å²) in [5, 5.41) is 1.88. The van der Waals surface area contributed by atoms with Crippen LogP contribution in [-0.4, -0.2) is 13.4 Å². The highest BCUT2D eigenvalue weighted by atomic mass is 32.2. The lowest BCUT2D eigenvalue weighted by Gasteiger charge is -2.10. The average molecular weight is 364 g/mol. The molecule has 0 bridgehead atoms. The van der Waals surface area contributed by atoms with Gasteiger partial charge in [-0.2, -0.15) is 0 Å². The number of benzene rings is 2. The molecule has 0 saturated carbocycles. The lowest BCUT2D eigenvalue weighted by atomic mass is 10.1. The van der Waals surface area contributed by atoms with Crippen LogP contribution >= 0.6 is 0 Å². The average Bonchev–Trinajstić information content (AvgIpc) is 3.21. The van der Waals surface area contributed by atoms with Crippen molar-refractivity contribution < 1.29 is 12.8 Å². The molecule has 0 saturated heterocycles. The van der Waals surface area contributed by atoms with Gasteiger partial charge in [0, 0.05) is 12.7 Å². The van der Waals surface area contributed by atoms with Gasteiger partial charge in [-0.25, -0.2) is 13.1 Å². The summed E-state index contributed by atoms with van der Waals surface area (Å²) in [6.45, 7) is 0.124. The molecular formula is C20H16N2O3S. The molecule has 4 rings (SSSR count). The Morgan fingerprint density at radius 2 is 1.77 bits per heavy atom. The molecule has 4 aromatic rings. The quantitative estimate of drug-likeness (QED) is 0.581. The summed E-state index contributed by atoms with van der Waals surface area (Å²) >= 11 is 0. The van der Waals surface area contributed by atoms with Crippen LogP contribution in [0, 0.1) is 0 Å². The Morgan fingerprint density at radius 3 is 2.58 bits per heavy atom. The fourth-order valence-electron chi connectivity index (χ4n) is 2.81. The minimum atomic E-state index is -3.64. The van der Waals surface area contributed by atoms with Crippen molar-refractivity contribution in [1.29, 1.82) is 0 Å². The molecule has 2 heterocycles. The third-order valence-electron chi connectivity index (χ3n) is 4.13. The number of fused-ring (bicyclic) bond motifs is 1. The fraction of sp³-hybridized carbons (Fsp3) is 0.0500. The van der Waals surface area contributed by atoms with Crippen LogP contribution < -0.4 is 4.72 Å². The number of sulfonamides is 1. The van der Waals surface area contributed by atoms with Gasteiger partial charge in [-0.15, -0.1) is 0 Å². The first kappa shape index (κ1) is 16.5. The normalized spacial score (nSPS) is 11.7. The van der Waals surface area contributed by atoms with Gasteiger partial charge >= 0.3 is 0 Å². The van der Waals surface area contributed by atoms with Gasteiger partial charge in [0.25, 0.3) is 0 Å². The van der Waals surface area contributed by atoms with Crippen molar-refractivity contribution in [3.05, 3.63) is 84.8 Å². The maximum absolute atomic E-state index is 12.7. The summed E-state index contributed by atoms with van der Waals surface area (Å²) in [7, 11) is -3.64. The van der Waals surface area contributed by atoms with Gasteiger partial charge < -0.3 is 4.42 Å². The Morgan fingerprint density at radius 1 is 0.923 bits per heavy atom. The Labute approximate surface area is 151 Å². The number of nitrogens with one attached hydrogen (secondary N) is 1. The lowest BCUT2D eigenvalue weighted by Crippen LogP contribution is -2.23. The zero-order valence-electron chi connectivity index (χ0n) is 13.8. The molecule has 0 aliphatic rings. The Balaban J connectivity index is 1.61. The van der Waals surface area contributed by atoms with E-state index in [9.17, 15) is 8.42 Å². The van der Waals surface area contributed by atoms with Crippen LogP contribution in [0.5, 0.6) is 0 Å². The fourth-order valence-corrected chi connectivity index (χ4v) is 3.85. The van der Waals surface area contributed by atoms with Gasteiger partial charge in [0.05, 0.1) is 11.2 Å². The second-order valence-corrected chi connectivity index (χ2v) is 7.59. The summed E-state index contributed by atoms with van der Waals surface area (Å²) in [5.74, 6) is 0.602. The van der Waals surface area contributed by atoms with Crippen molar-refractivity contribution in [2.24, 2.45) is 0 Å². The molecule has 0 fully saturated rings. The van der Waals surface area contributed by atoms with E-state index in [1.807, 2.05) is 36.4 Å². The molecular weight excluding hydrogens is 348 g/mol. The number of rotatable bonds is 5. The summed E-state index contributed by atoms with van der Waals surface area (Å²) in [4.78, 5) is 4.54. The number of furan rings is 1. The van der Waals surface area contributed by atoms with Crippen LogP contribution in [0.2, 0.25) is 0 Å². The number of pyridine rings is 1. The lowest BCUT2D eigenvalue weighted by molar-refractivity contribution is 0.575. The Kier molecular flexibility index (Phi) is 4.28. The molecule has 0 radical (unpaired) electrons. The van der Waals surface area contributed by atoms with Gasteiger partial charge in [0.2, 0.25) is 10.0 Å². The minimum absolute atomic E-state index is 0.124. The Bertz CT molecular complexity index is 1150. The monoisotopic (exact) mass is 364 g/mol. The van der Waals surface area contributed by atoms with Crippen molar-refractivity contribution in [3.8, 4) is 11.5 Å². The van der Waals surface area contributed by atoms with Crippen molar-refractivity contribution >= 4 is 20.8 Å². The molecule has 5 nitrogen and oxygen atoms in total. The van der Waals surface area contributed by atoms with Crippen molar-refractivity contribution in [1.82, 2.24) is 9.71 Å². The predicted molar refractivity (Wildman–Crippen MR) is 99.9 cm³/mol. The van der Waals surface area contributed by atoms with Crippen molar-refractivity contribution in [2.45, 2.75) is 11.4 Å². The van der Waals surface area contributed by atoms with Crippen LogP contribution in [0.15, 0.2) is 88.5 Å². The van der Waals surface area contributed by atoms with Gasteiger partial charge in [-0.05, 0) is 46.7 Å². The molecule has 0 aliphatic heterocycles. The number of hydrogen-bond acceptors (Lipinski definition) is 4. The highest BCUT2D eigenvalue weighted by molar-refractivity contribution is 7.89. The van der Waals surface area contributed by atoms with E-state index in [0.717, 1.165) is 16.3 Å². The highest BCUT2D eigenvalue weighted by Crippen LogP contribution is 2.23.